The molecule has 52 heavy (non-hydrogen) atoms. The predicted molar refractivity (Wildman–Crippen MR) is 214 cm³/mol. The van der Waals surface area contributed by atoms with E-state index in [1.54, 1.807) is 12.4 Å². The number of para-hydroxylation sites is 2. The molecule has 1 aliphatic heterocycles. The van der Waals surface area contributed by atoms with Crippen molar-refractivity contribution in [3.8, 4) is 0 Å². The van der Waals surface area contributed by atoms with Crippen molar-refractivity contribution in [2.45, 2.75) is 118 Å². The highest BCUT2D eigenvalue weighted by Crippen LogP contribution is 2.22. The Labute approximate surface area is 313 Å². The molecule has 1 saturated heterocycles. The molecule has 9 nitrogen and oxygen atoms in total. The number of hydrogen-bond acceptors (Lipinski definition) is 7. The van der Waals surface area contributed by atoms with E-state index in [1.807, 2.05) is 102 Å². The number of benzene rings is 2. The summed E-state index contributed by atoms with van der Waals surface area (Å²) in [5, 5.41) is 2.07. The minimum Gasteiger partial charge on any atom is -0.443 e. The third kappa shape index (κ3) is 14.8. The van der Waals surface area contributed by atoms with Crippen molar-refractivity contribution in [1.82, 2.24) is 18.9 Å². The maximum absolute atomic E-state index is 11.9. The Morgan fingerprint density at radius 1 is 0.712 bits per heavy atom. The second kappa shape index (κ2) is 21.1. The monoisotopic (exact) mass is 719 g/mol. The van der Waals surface area contributed by atoms with Crippen molar-refractivity contribution in [3.05, 3.63) is 73.1 Å². The topological polar surface area (TPSA) is 78.2 Å². The largest absolute Gasteiger partial charge is 0.443 e. The second-order valence-corrected chi connectivity index (χ2v) is 15.7. The van der Waals surface area contributed by atoms with Crippen LogP contribution in [0.4, 0.5) is 9.59 Å². The van der Waals surface area contributed by atoms with Gasteiger partial charge in [-0.15, -0.1) is 0 Å². The van der Waals surface area contributed by atoms with Gasteiger partial charge in [0.2, 0.25) is 0 Å². The molecular formula is C43H66N4O5. The van der Waals surface area contributed by atoms with Crippen LogP contribution in [-0.2, 0) is 14.2 Å². The third-order valence-electron chi connectivity index (χ3n) is 8.80. The molecule has 0 atom stereocenters. The van der Waals surface area contributed by atoms with Gasteiger partial charge in [0.1, 0.15) is 11.2 Å². The van der Waals surface area contributed by atoms with Gasteiger partial charge >= 0.3 is 12.2 Å². The highest BCUT2D eigenvalue weighted by atomic mass is 16.6. The van der Waals surface area contributed by atoms with Crippen LogP contribution in [0.3, 0.4) is 0 Å². The first-order valence-electron chi connectivity index (χ1n) is 19.3. The van der Waals surface area contributed by atoms with Crippen molar-refractivity contribution in [2.24, 2.45) is 0 Å². The summed E-state index contributed by atoms with van der Waals surface area (Å²) in [4.78, 5) is 28.7. The smallest absolute Gasteiger partial charge is 0.418 e. The number of aromatic nitrogens is 2. The quantitative estimate of drug-likeness (QED) is 0.203. The van der Waals surface area contributed by atoms with Crippen molar-refractivity contribution in [3.63, 3.8) is 0 Å². The van der Waals surface area contributed by atoms with Gasteiger partial charge < -0.3 is 19.1 Å². The van der Waals surface area contributed by atoms with E-state index in [1.165, 1.54) is 67.2 Å². The van der Waals surface area contributed by atoms with E-state index in [2.05, 4.69) is 30.7 Å². The van der Waals surface area contributed by atoms with E-state index in [0.717, 1.165) is 54.2 Å². The van der Waals surface area contributed by atoms with Gasteiger partial charge in [-0.2, -0.15) is 0 Å². The summed E-state index contributed by atoms with van der Waals surface area (Å²) in [5.74, 6) is 0. The average molecular weight is 719 g/mol. The Balaban J connectivity index is 0.000000192. The van der Waals surface area contributed by atoms with Crippen LogP contribution in [0, 0.1) is 0 Å². The molecule has 2 aliphatic rings. The number of fused-ring (bicyclic) bond motifs is 2. The highest BCUT2D eigenvalue weighted by molar-refractivity contribution is 5.90. The van der Waals surface area contributed by atoms with E-state index in [-0.39, 0.29) is 12.2 Å². The first-order chi connectivity index (χ1) is 24.7. The molecule has 0 N–H and O–H groups in total. The number of carbonyl (C=O) groups excluding carboxylic acids is 2. The fourth-order valence-corrected chi connectivity index (χ4v) is 6.30. The molecule has 3 heterocycles. The zero-order valence-corrected chi connectivity index (χ0v) is 33.5. The van der Waals surface area contributed by atoms with Crippen LogP contribution in [0.1, 0.15) is 100 Å². The zero-order valence-electron chi connectivity index (χ0n) is 33.5. The fourth-order valence-electron chi connectivity index (χ4n) is 6.30. The van der Waals surface area contributed by atoms with E-state index in [0.29, 0.717) is 0 Å². The molecule has 1 saturated carbocycles. The molecule has 288 valence electrons. The lowest BCUT2D eigenvalue weighted by atomic mass is 9.94. The predicted octanol–water partition coefficient (Wildman–Crippen LogP) is 10.2. The number of hydrogen-bond donors (Lipinski definition) is 0. The summed E-state index contributed by atoms with van der Waals surface area (Å²) in [7, 11) is 2.28. The summed E-state index contributed by atoms with van der Waals surface area (Å²) in [6.45, 7) is 22.3. The molecule has 1 aliphatic carbocycles. The molecule has 4 aromatic rings. The molecule has 6 rings (SSSR count). The molecule has 0 unspecified atom stereocenters. The first-order valence-corrected chi connectivity index (χ1v) is 19.3. The average Bonchev–Trinajstić information content (AvgIpc) is 3.74. The van der Waals surface area contributed by atoms with E-state index in [4.69, 9.17) is 14.2 Å². The molecule has 0 radical (unpaired) electrons. The van der Waals surface area contributed by atoms with Crippen molar-refractivity contribution in [1.29, 1.82) is 0 Å². The summed E-state index contributed by atoms with van der Waals surface area (Å²) in [6, 6.07) is 20.2. The Hall–Kier alpha value is -3.66. The number of carbonyl (C=O) groups is 2. The van der Waals surface area contributed by atoms with Crippen LogP contribution in [0.5, 0.6) is 0 Å². The van der Waals surface area contributed by atoms with Crippen LogP contribution in [0.2, 0.25) is 0 Å². The van der Waals surface area contributed by atoms with Gasteiger partial charge in [-0.25, -0.2) is 9.59 Å². The molecule has 0 amide bonds. The first kappa shape index (κ1) is 42.8. The molecular weight excluding hydrogens is 652 g/mol. The van der Waals surface area contributed by atoms with Gasteiger partial charge in [-0.1, -0.05) is 69.5 Å². The van der Waals surface area contributed by atoms with Crippen LogP contribution in [0.25, 0.3) is 21.8 Å². The minimum atomic E-state index is -0.470. The number of ether oxygens (including phenoxy) is 3. The SMILES string of the molecule is CC(C)(C)OC(=O)n1ccc2ccccc21.CC(C)(C)OC(=O)n1ccc2ccccc21.CCCN(C)C1CCCCC1.CCCN1CCOCC1. The molecule has 0 bridgehead atoms. The normalized spacial score (nSPS) is 15.5. The van der Waals surface area contributed by atoms with Gasteiger partial charge in [0.05, 0.1) is 24.2 Å². The third-order valence-corrected chi connectivity index (χ3v) is 8.80. The number of morpholine rings is 1. The Kier molecular flexibility index (Phi) is 17.4. The Morgan fingerprint density at radius 2 is 1.17 bits per heavy atom. The van der Waals surface area contributed by atoms with E-state index < -0.39 is 11.2 Å². The molecule has 2 aromatic heterocycles. The highest BCUT2D eigenvalue weighted by Gasteiger charge is 2.20. The lowest BCUT2D eigenvalue weighted by Crippen LogP contribution is -2.36. The molecule has 2 aromatic carbocycles. The van der Waals surface area contributed by atoms with Gasteiger partial charge in [0.15, 0.2) is 0 Å². The van der Waals surface area contributed by atoms with Crippen LogP contribution in [0.15, 0.2) is 73.1 Å². The summed E-state index contributed by atoms with van der Waals surface area (Å²) in [5.41, 5.74) is 0.804. The maximum Gasteiger partial charge on any atom is 0.418 e. The fraction of sp³-hybridized carbons (Fsp3) is 0.581. The summed E-state index contributed by atoms with van der Waals surface area (Å²) < 4.78 is 18.9. The van der Waals surface area contributed by atoms with Gasteiger partial charge in [-0.05, 0) is 112 Å². The number of nitrogens with zero attached hydrogens (tertiary/aromatic N) is 4. The van der Waals surface area contributed by atoms with Crippen LogP contribution in [-0.4, -0.2) is 94.8 Å². The summed E-state index contributed by atoms with van der Waals surface area (Å²) in [6.07, 6.45) is 12.6. The summed E-state index contributed by atoms with van der Waals surface area (Å²) >= 11 is 0. The van der Waals surface area contributed by atoms with E-state index in [9.17, 15) is 9.59 Å². The van der Waals surface area contributed by atoms with Crippen LogP contribution < -0.4 is 0 Å². The molecule has 0 spiro atoms. The van der Waals surface area contributed by atoms with Crippen molar-refractivity contribution in [2.75, 3.05) is 46.4 Å². The lowest BCUT2D eigenvalue weighted by molar-refractivity contribution is 0.0380. The van der Waals surface area contributed by atoms with Gasteiger partial charge in [0.25, 0.3) is 0 Å². The van der Waals surface area contributed by atoms with Crippen molar-refractivity contribution < 1.29 is 23.8 Å². The molecule has 9 heteroatoms. The Morgan fingerprint density at radius 3 is 1.60 bits per heavy atom. The Bertz CT molecular complexity index is 1520. The van der Waals surface area contributed by atoms with Crippen molar-refractivity contribution >= 4 is 34.0 Å². The lowest BCUT2D eigenvalue weighted by Gasteiger charge is -2.30. The second-order valence-electron chi connectivity index (χ2n) is 15.7. The van der Waals surface area contributed by atoms with E-state index >= 15 is 0 Å². The molecule has 2 fully saturated rings. The number of rotatable bonds is 5. The van der Waals surface area contributed by atoms with Crippen LogP contribution >= 0.6 is 0 Å². The standard InChI is InChI=1S/2C13H15NO2.C10H21N.C7H15NO/c2*1-13(2,3)16-12(15)14-9-8-10-6-4-5-7-11(10)14;1-3-9-11(2)10-7-5-4-6-8-10;1-2-3-8-4-6-9-7-5-8/h2*4-9H,1-3H3;10H,3-9H2,1-2H3;2-7H2,1H3. The van der Waals surface area contributed by atoms with Gasteiger partial charge in [-0.3, -0.25) is 14.0 Å². The zero-order chi connectivity index (χ0) is 38.1. The maximum atomic E-state index is 11.9. The van der Waals surface area contributed by atoms with Gasteiger partial charge in [0, 0.05) is 42.3 Å². The minimum absolute atomic E-state index is 0.339.